The molecule has 2 unspecified atom stereocenters. The highest BCUT2D eigenvalue weighted by atomic mass is 16.6. The van der Waals surface area contributed by atoms with Crippen molar-refractivity contribution in [3.63, 3.8) is 0 Å². The van der Waals surface area contributed by atoms with E-state index in [4.69, 9.17) is 14.2 Å². The number of hydrogen-bond donors (Lipinski definition) is 0. The summed E-state index contributed by atoms with van der Waals surface area (Å²) in [5.74, 6) is -1.78. The maximum absolute atomic E-state index is 12.7. The molecule has 0 aromatic carbocycles. The number of carbonyl (C=O) groups excluding carboxylic acids is 3. The molecule has 0 aliphatic carbocycles. The Morgan fingerprint density at radius 3 is 1.60 bits per heavy atom. The number of allylic oxidation sites excluding steroid dienone is 8. The molecule has 0 amide bonds. The molecule has 2 atom stereocenters. The molecule has 0 saturated carbocycles. The number of carboxylic acid groups (broad SMARTS) is 1. The van der Waals surface area contributed by atoms with Crippen LogP contribution in [0.3, 0.4) is 0 Å². The summed E-state index contributed by atoms with van der Waals surface area (Å²) in [5.41, 5.74) is 0. The highest BCUT2D eigenvalue weighted by molar-refractivity contribution is 5.70. The number of hydrogen-bond acceptors (Lipinski definition) is 7. The van der Waals surface area contributed by atoms with Gasteiger partial charge in [0.15, 0.2) is 6.10 Å². The number of likely N-dealkylation sites (N-methyl/N-ethyl adjacent to an activating group) is 1. The second-order valence-electron chi connectivity index (χ2n) is 14.8. The molecule has 8 nitrogen and oxygen atoms in total. The van der Waals surface area contributed by atoms with Crippen molar-refractivity contribution in [2.24, 2.45) is 0 Å². The lowest BCUT2D eigenvalue weighted by Gasteiger charge is -2.34. The van der Waals surface area contributed by atoms with Crippen molar-refractivity contribution >= 4 is 17.9 Å². The summed E-state index contributed by atoms with van der Waals surface area (Å²) in [6, 6.07) is -0.731. The van der Waals surface area contributed by atoms with Crippen LogP contribution in [0.5, 0.6) is 0 Å². The number of rotatable bonds is 36. The molecule has 0 heterocycles. The van der Waals surface area contributed by atoms with E-state index in [0.717, 1.165) is 70.6 Å². The van der Waals surface area contributed by atoms with Crippen LogP contribution >= 0.6 is 0 Å². The Hall–Kier alpha value is -2.71. The minimum absolute atomic E-state index is 0.0281. The van der Waals surface area contributed by atoms with Crippen molar-refractivity contribution in [1.82, 2.24) is 0 Å². The van der Waals surface area contributed by atoms with E-state index in [1.807, 2.05) is 0 Å². The van der Waals surface area contributed by atoms with E-state index in [1.54, 1.807) is 21.1 Å². The van der Waals surface area contributed by atoms with Gasteiger partial charge in [-0.15, -0.1) is 0 Å². The molecule has 0 fully saturated rings. The summed E-state index contributed by atoms with van der Waals surface area (Å²) >= 11 is 0. The van der Waals surface area contributed by atoms with E-state index < -0.39 is 18.1 Å². The molecule has 52 heavy (non-hydrogen) atoms. The molecule has 8 heteroatoms. The van der Waals surface area contributed by atoms with Crippen molar-refractivity contribution in [3.05, 3.63) is 48.6 Å². The van der Waals surface area contributed by atoms with Crippen LogP contribution < -0.4 is 5.11 Å². The van der Waals surface area contributed by atoms with Crippen LogP contribution in [0.15, 0.2) is 48.6 Å². The van der Waals surface area contributed by atoms with Gasteiger partial charge in [0.25, 0.3) is 0 Å². The van der Waals surface area contributed by atoms with Crippen LogP contribution in [0.2, 0.25) is 0 Å². The molecule has 0 saturated heterocycles. The van der Waals surface area contributed by atoms with Crippen LogP contribution in [-0.2, 0) is 28.6 Å². The minimum atomic E-state index is -1.13. The second kappa shape index (κ2) is 35.3. The van der Waals surface area contributed by atoms with Gasteiger partial charge in [0.05, 0.1) is 40.3 Å². The van der Waals surface area contributed by atoms with Gasteiger partial charge in [-0.3, -0.25) is 9.59 Å². The third kappa shape index (κ3) is 33.1. The number of nitrogens with zero attached hydrogens (tertiary/aromatic N) is 1. The first kappa shape index (κ1) is 49.3. The van der Waals surface area contributed by atoms with E-state index >= 15 is 0 Å². The van der Waals surface area contributed by atoms with Gasteiger partial charge in [-0.2, -0.15) is 0 Å². The smallest absolute Gasteiger partial charge is 0.306 e. The van der Waals surface area contributed by atoms with Crippen molar-refractivity contribution in [2.45, 2.75) is 174 Å². The predicted octanol–water partition coefficient (Wildman–Crippen LogP) is 9.52. The fraction of sp³-hybridized carbons (Fsp3) is 0.750. The fourth-order valence-electron chi connectivity index (χ4n) is 5.77. The van der Waals surface area contributed by atoms with Crippen molar-refractivity contribution in [1.29, 1.82) is 0 Å². The van der Waals surface area contributed by atoms with Crippen molar-refractivity contribution in [3.8, 4) is 0 Å². The lowest BCUT2D eigenvalue weighted by molar-refractivity contribution is -0.889. The number of esters is 2. The van der Waals surface area contributed by atoms with E-state index in [0.29, 0.717) is 6.42 Å². The topological polar surface area (TPSA) is 102 Å². The largest absolute Gasteiger partial charge is 0.544 e. The van der Waals surface area contributed by atoms with E-state index in [2.05, 4.69) is 62.5 Å². The summed E-state index contributed by atoms with van der Waals surface area (Å²) in [4.78, 5) is 36.7. The number of quaternary nitrogens is 1. The van der Waals surface area contributed by atoms with Crippen LogP contribution in [0.25, 0.3) is 0 Å². The SMILES string of the molecule is CC/C=C/C/C=C/C/C=C/C/C=C/CCCCCC(=O)OC(COCCC(C(=O)[O-])[N+](C)(C)C)COC(=O)CCCCCCCCCCCCCC. The first-order valence-electron chi connectivity index (χ1n) is 20.7. The molecule has 0 spiro atoms. The van der Waals surface area contributed by atoms with Crippen LogP contribution in [0, 0.1) is 0 Å². The lowest BCUT2D eigenvalue weighted by atomic mass is 10.0. The number of unbranched alkanes of at least 4 members (excludes halogenated alkanes) is 14. The molecule has 0 rings (SSSR count). The van der Waals surface area contributed by atoms with Gasteiger partial charge in [0.1, 0.15) is 12.6 Å². The van der Waals surface area contributed by atoms with Gasteiger partial charge in [-0.05, 0) is 51.4 Å². The van der Waals surface area contributed by atoms with Crippen molar-refractivity contribution < 1.29 is 38.2 Å². The maximum atomic E-state index is 12.7. The van der Waals surface area contributed by atoms with E-state index in [-0.39, 0.29) is 49.1 Å². The summed E-state index contributed by atoms with van der Waals surface area (Å²) in [5, 5.41) is 11.6. The molecule has 0 N–H and O–H groups in total. The molecular formula is C44H77NO7. The molecule has 0 aromatic heterocycles. The summed E-state index contributed by atoms with van der Waals surface area (Å²) in [7, 11) is 5.39. The Kier molecular flexibility index (Phi) is 33.5. The zero-order chi connectivity index (χ0) is 38.5. The predicted molar refractivity (Wildman–Crippen MR) is 213 cm³/mol. The zero-order valence-corrected chi connectivity index (χ0v) is 34.0. The Morgan fingerprint density at radius 1 is 0.596 bits per heavy atom. The molecule has 300 valence electrons. The number of aliphatic carboxylic acids is 1. The Labute approximate surface area is 318 Å². The van der Waals surface area contributed by atoms with Crippen LogP contribution in [0.4, 0.5) is 0 Å². The average Bonchev–Trinajstić information content (AvgIpc) is 3.09. The first-order chi connectivity index (χ1) is 25.1. The third-order valence-corrected chi connectivity index (χ3v) is 8.98. The number of ether oxygens (including phenoxy) is 3. The zero-order valence-electron chi connectivity index (χ0n) is 34.0. The van der Waals surface area contributed by atoms with Gasteiger partial charge in [-0.25, -0.2) is 0 Å². The minimum Gasteiger partial charge on any atom is -0.544 e. The van der Waals surface area contributed by atoms with E-state index in [1.165, 1.54) is 57.8 Å². The standard InChI is InChI=1S/C44H77NO7/c1-6-8-10-12-14-16-18-20-21-22-23-25-27-29-31-33-35-43(47)52-40(38-50-37-36-41(44(48)49)45(3,4)5)39-51-42(46)34-32-30-28-26-24-19-17-15-13-11-9-7-2/h8,10,14,16,20-21,23,25,40-41H,6-7,9,11-13,15,17-19,22,24,26-39H2,1-5H3/b10-8+,16-14+,21-20+,25-23+. The Bertz CT molecular complexity index is 995. The van der Waals surface area contributed by atoms with Crippen LogP contribution in [0.1, 0.15) is 162 Å². The average molecular weight is 732 g/mol. The van der Waals surface area contributed by atoms with Crippen LogP contribution in [-0.4, -0.2) is 75.5 Å². The fourth-order valence-corrected chi connectivity index (χ4v) is 5.77. The van der Waals surface area contributed by atoms with Gasteiger partial charge >= 0.3 is 11.9 Å². The molecule has 0 bridgehead atoms. The highest BCUT2D eigenvalue weighted by Crippen LogP contribution is 2.14. The molecule has 0 aromatic rings. The van der Waals surface area contributed by atoms with Gasteiger partial charge in [-0.1, -0.05) is 140 Å². The summed E-state index contributed by atoms with van der Waals surface area (Å²) < 4.78 is 17.1. The van der Waals surface area contributed by atoms with E-state index in [9.17, 15) is 19.5 Å². The monoisotopic (exact) mass is 732 g/mol. The summed E-state index contributed by atoms with van der Waals surface area (Å²) in [6.45, 7) is 4.50. The Morgan fingerprint density at radius 2 is 1.08 bits per heavy atom. The summed E-state index contributed by atoms with van der Waals surface area (Å²) in [6.07, 6.45) is 39.9. The maximum Gasteiger partial charge on any atom is 0.306 e. The van der Waals surface area contributed by atoms with Gasteiger partial charge in [0.2, 0.25) is 0 Å². The quantitative estimate of drug-likeness (QED) is 0.0274. The molecule has 0 aliphatic heterocycles. The van der Waals surface area contributed by atoms with Gasteiger partial charge in [0, 0.05) is 19.3 Å². The number of carboxylic acids is 1. The lowest BCUT2D eigenvalue weighted by Crippen LogP contribution is -2.55. The second-order valence-corrected chi connectivity index (χ2v) is 14.8. The highest BCUT2D eigenvalue weighted by Gasteiger charge is 2.25. The molecular weight excluding hydrogens is 654 g/mol. The first-order valence-corrected chi connectivity index (χ1v) is 20.7. The molecule has 0 radical (unpaired) electrons. The van der Waals surface area contributed by atoms with Gasteiger partial charge < -0.3 is 28.6 Å². The third-order valence-electron chi connectivity index (χ3n) is 8.98. The van der Waals surface area contributed by atoms with Crippen molar-refractivity contribution in [2.75, 3.05) is 41.0 Å². The normalized spacial score (nSPS) is 13.5. The molecule has 0 aliphatic rings. The Balaban J connectivity index is 4.45. The number of carbonyl (C=O) groups is 3.